The third-order valence-corrected chi connectivity index (χ3v) is 4.71. The fourth-order valence-electron chi connectivity index (χ4n) is 2.28. The number of thiazole rings is 1. The Kier molecular flexibility index (Phi) is 8.37. The Morgan fingerprint density at radius 1 is 1.19 bits per heavy atom. The third-order valence-electron chi connectivity index (χ3n) is 3.84. The van der Waals surface area contributed by atoms with Gasteiger partial charge in [0.2, 0.25) is 0 Å². The zero-order valence-corrected chi connectivity index (χ0v) is 16.8. The van der Waals surface area contributed by atoms with E-state index >= 15 is 0 Å². The number of ether oxygens (including phenoxy) is 1. The van der Waals surface area contributed by atoms with Crippen LogP contribution in [0.1, 0.15) is 36.0 Å². The van der Waals surface area contributed by atoms with E-state index in [0.29, 0.717) is 25.6 Å². The van der Waals surface area contributed by atoms with Crippen molar-refractivity contribution in [3.8, 4) is 0 Å². The van der Waals surface area contributed by atoms with Gasteiger partial charge in [-0.1, -0.05) is 26.0 Å². The molecule has 0 aliphatic carbocycles. The number of rotatable bonds is 9. The molecule has 0 radical (unpaired) electrons. The molecule has 2 rings (SSSR count). The highest BCUT2D eigenvalue weighted by atomic mass is 32.1. The van der Waals surface area contributed by atoms with Crippen molar-refractivity contribution in [2.45, 2.75) is 32.9 Å². The summed E-state index contributed by atoms with van der Waals surface area (Å²) in [4.78, 5) is 8.90. The molecule has 1 heterocycles. The van der Waals surface area contributed by atoms with Gasteiger partial charge in [-0.15, -0.1) is 11.3 Å². The summed E-state index contributed by atoms with van der Waals surface area (Å²) in [7, 11) is 3.48. The number of guanidine groups is 1. The molecule has 3 N–H and O–H groups in total. The Morgan fingerprint density at radius 3 is 2.54 bits per heavy atom. The van der Waals surface area contributed by atoms with Crippen LogP contribution in [-0.2, 0) is 17.8 Å². The minimum atomic E-state index is 0.462. The smallest absolute Gasteiger partial charge is 0.191 e. The van der Waals surface area contributed by atoms with Crippen molar-refractivity contribution in [2.24, 2.45) is 4.99 Å². The summed E-state index contributed by atoms with van der Waals surface area (Å²) in [6.07, 6.45) is 0. The first-order chi connectivity index (χ1) is 12.6. The van der Waals surface area contributed by atoms with Gasteiger partial charge in [-0.2, -0.15) is 0 Å². The standard InChI is InChI=1S/C19H29N5OS/c1-14(2)17-13-26-18(24-17)12-23-19(20-3)22-11-15-5-7-16(8-6-15)21-9-10-25-4/h5-8,13-14,21H,9-12H2,1-4H3,(H2,20,22,23). The second-order valence-electron chi connectivity index (χ2n) is 6.22. The van der Waals surface area contributed by atoms with Crippen LogP contribution in [0, 0.1) is 0 Å². The van der Waals surface area contributed by atoms with Gasteiger partial charge in [0.25, 0.3) is 0 Å². The molecule has 7 heteroatoms. The summed E-state index contributed by atoms with van der Waals surface area (Å²) < 4.78 is 5.04. The maximum absolute atomic E-state index is 5.04. The van der Waals surface area contributed by atoms with Gasteiger partial charge >= 0.3 is 0 Å². The van der Waals surface area contributed by atoms with Gasteiger partial charge in [0, 0.05) is 38.3 Å². The van der Waals surface area contributed by atoms with Crippen molar-refractivity contribution in [1.29, 1.82) is 0 Å². The molecule has 1 aromatic heterocycles. The number of nitrogens with zero attached hydrogens (tertiary/aromatic N) is 2. The molecule has 0 amide bonds. The highest BCUT2D eigenvalue weighted by molar-refractivity contribution is 7.09. The van der Waals surface area contributed by atoms with E-state index in [4.69, 9.17) is 4.74 Å². The Morgan fingerprint density at radius 2 is 1.92 bits per heavy atom. The van der Waals surface area contributed by atoms with Crippen molar-refractivity contribution < 1.29 is 4.74 Å². The SMILES string of the molecule is CN=C(NCc1ccc(NCCOC)cc1)NCc1nc(C(C)C)cs1. The molecular weight excluding hydrogens is 346 g/mol. The molecule has 0 saturated heterocycles. The third kappa shape index (κ3) is 6.65. The van der Waals surface area contributed by atoms with E-state index in [1.54, 1.807) is 25.5 Å². The number of nitrogens with one attached hydrogen (secondary N) is 3. The fourth-order valence-corrected chi connectivity index (χ4v) is 3.17. The largest absolute Gasteiger partial charge is 0.383 e. The molecule has 0 bridgehead atoms. The summed E-state index contributed by atoms with van der Waals surface area (Å²) >= 11 is 1.68. The molecule has 2 aromatic rings. The molecule has 142 valence electrons. The van der Waals surface area contributed by atoms with Gasteiger partial charge in [0.05, 0.1) is 18.8 Å². The minimum absolute atomic E-state index is 0.462. The first-order valence-electron chi connectivity index (χ1n) is 8.83. The van der Waals surface area contributed by atoms with E-state index < -0.39 is 0 Å². The molecule has 26 heavy (non-hydrogen) atoms. The molecule has 0 atom stereocenters. The highest BCUT2D eigenvalue weighted by Crippen LogP contribution is 2.17. The lowest BCUT2D eigenvalue weighted by molar-refractivity contribution is 0.211. The maximum atomic E-state index is 5.04. The van der Waals surface area contributed by atoms with Crippen LogP contribution in [0.25, 0.3) is 0 Å². The van der Waals surface area contributed by atoms with E-state index in [1.807, 2.05) is 0 Å². The highest BCUT2D eigenvalue weighted by Gasteiger charge is 2.06. The summed E-state index contributed by atoms with van der Waals surface area (Å²) in [5.41, 5.74) is 3.44. The van der Waals surface area contributed by atoms with Gasteiger partial charge in [0.1, 0.15) is 5.01 Å². The Balaban J connectivity index is 1.77. The predicted octanol–water partition coefficient (Wildman–Crippen LogP) is 3.19. The summed E-state index contributed by atoms with van der Waals surface area (Å²) in [6, 6.07) is 8.36. The lowest BCUT2D eigenvalue weighted by Gasteiger charge is -2.12. The zero-order valence-electron chi connectivity index (χ0n) is 16.0. The molecule has 0 unspecified atom stereocenters. The number of benzene rings is 1. The quantitative estimate of drug-likeness (QED) is 0.357. The molecule has 1 aromatic carbocycles. The Bertz CT molecular complexity index is 681. The van der Waals surface area contributed by atoms with Crippen LogP contribution in [0.4, 0.5) is 5.69 Å². The second-order valence-corrected chi connectivity index (χ2v) is 7.16. The predicted molar refractivity (Wildman–Crippen MR) is 110 cm³/mol. The Hall–Kier alpha value is -2.12. The summed E-state index contributed by atoms with van der Waals surface area (Å²) in [6.45, 7) is 7.21. The summed E-state index contributed by atoms with van der Waals surface area (Å²) in [5.74, 6) is 1.23. The first kappa shape index (κ1) is 20.2. The fraction of sp³-hybridized carbons (Fsp3) is 0.474. The van der Waals surface area contributed by atoms with Crippen molar-refractivity contribution in [2.75, 3.05) is 32.6 Å². The lowest BCUT2D eigenvalue weighted by Crippen LogP contribution is -2.36. The van der Waals surface area contributed by atoms with Crippen LogP contribution in [0.3, 0.4) is 0 Å². The van der Waals surface area contributed by atoms with E-state index in [1.165, 1.54) is 5.56 Å². The normalized spacial score (nSPS) is 11.7. The van der Waals surface area contributed by atoms with Gasteiger partial charge in [0.15, 0.2) is 5.96 Å². The molecule has 0 aliphatic heterocycles. The number of hydrogen-bond acceptors (Lipinski definition) is 5. The van der Waals surface area contributed by atoms with Crippen molar-refractivity contribution in [1.82, 2.24) is 15.6 Å². The molecule has 0 spiro atoms. The van der Waals surface area contributed by atoms with Gasteiger partial charge in [-0.25, -0.2) is 4.98 Å². The number of aromatic nitrogens is 1. The average Bonchev–Trinajstić information content (AvgIpc) is 3.12. The van der Waals surface area contributed by atoms with Gasteiger partial charge in [-0.3, -0.25) is 4.99 Å². The number of aliphatic imine (C=N–C) groups is 1. The lowest BCUT2D eigenvalue weighted by atomic mass is 10.2. The van der Waals surface area contributed by atoms with Gasteiger partial charge < -0.3 is 20.7 Å². The van der Waals surface area contributed by atoms with E-state index in [-0.39, 0.29) is 0 Å². The Labute approximate surface area is 160 Å². The van der Waals surface area contributed by atoms with Crippen LogP contribution in [0.5, 0.6) is 0 Å². The van der Waals surface area contributed by atoms with Crippen molar-refractivity contribution in [3.63, 3.8) is 0 Å². The van der Waals surface area contributed by atoms with Crippen LogP contribution in [-0.4, -0.2) is 38.3 Å². The molecule has 0 saturated carbocycles. The average molecular weight is 376 g/mol. The van der Waals surface area contributed by atoms with E-state index in [9.17, 15) is 0 Å². The van der Waals surface area contributed by atoms with Gasteiger partial charge in [-0.05, 0) is 23.6 Å². The van der Waals surface area contributed by atoms with E-state index in [2.05, 4.69) is 69.4 Å². The zero-order chi connectivity index (χ0) is 18.8. The number of methoxy groups -OCH3 is 1. The second kappa shape index (κ2) is 10.8. The summed E-state index contributed by atoms with van der Waals surface area (Å²) in [5, 5.41) is 13.2. The monoisotopic (exact) mass is 375 g/mol. The number of hydrogen-bond donors (Lipinski definition) is 3. The molecular formula is C19H29N5OS. The van der Waals surface area contributed by atoms with Crippen LogP contribution in [0.2, 0.25) is 0 Å². The van der Waals surface area contributed by atoms with Crippen LogP contribution >= 0.6 is 11.3 Å². The topological polar surface area (TPSA) is 70.6 Å². The van der Waals surface area contributed by atoms with Crippen LogP contribution in [0.15, 0.2) is 34.6 Å². The van der Waals surface area contributed by atoms with Crippen molar-refractivity contribution in [3.05, 3.63) is 45.9 Å². The molecule has 0 fully saturated rings. The maximum Gasteiger partial charge on any atom is 0.191 e. The van der Waals surface area contributed by atoms with E-state index in [0.717, 1.165) is 28.9 Å². The van der Waals surface area contributed by atoms with Crippen LogP contribution < -0.4 is 16.0 Å². The van der Waals surface area contributed by atoms with Crippen molar-refractivity contribution >= 4 is 23.0 Å². The first-order valence-corrected chi connectivity index (χ1v) is 9.71. The molecule has 6 nitrogen and oxygen atoms in total. The number of anilines is 1. The minimum Gasteiger partial charge on any atom is -0.383 e. The molecule has 0 aliphatic rings.